The Labute approximate surface area is 104 Å². The first-order chi connectivity index (χ1) is 8.46. The van der Waals surface area contributed by atoms with E-state index in [9.17, 15) is 13.6 Å². The van der Waals surface area contributed by atoms with Gasteiger partial charge >= 0.3 is 5.97 Å². The van der Waals surface area contributed by atoms with Crippen molar-refractivity contribution in [3.05, 3.63) is 35.4 Å². The van der Waals surface area contributed by atoms with Crippen molar-refractivity contribution in [2.24, 2.45) is 0 Å². The number of carbonyl (C=O) groups is 1. The second kappa shape index (κ2) is 5.02. The summed E-state index contributed by atoms with van der Waals surface area (Å²) >= 11 is 0. The zero-order valence-corrected chi connectivity index (χ0v) is 9.90. The molecule has 0 bridgehead atoms. The molecule has 1 aliphatic heterocycles. The van der Waals surface area contributed by atoms with Gasteiger partial charge in [0.05, 0.1) is 12.1 Å². The monoisotopic (exact) mass is 255 g/mol. The van der Waals surface area contributed by atoms with Crippen molar-refractivity contribution in [2.45, 2.75) is 25.3 Å². The average molecular weight is 255 g/mol. The molecule has 0 atom stereocenters. The molecular weight excluding hydrogens is 240 g/mol. The number of alkyl halides is 2. The van der Waals surface area contributed by atoms with Gasteiger partial charge in [0.2, 0.25) is 0 Å². The lowest BCUT2D eigenvalue weighted by Gasteiger charge is -2.32. The molecule has 1 aromatic carbocycles. The van der Waals surface area contributed by atoms with Gasteiger partial charge in [-0.1, -0.05) is 12.1 Å². The molecule has 0 aliphatic carbocycles. The van der Waals surface area contributed by atoms with Gasteiger partial charge in [-0.2, -0.15) is 0 Å². The lowest BCUT2D eigenvalue weighted by Crippen LogP contribution is -2.42. The Balaban J connectivity index is 2.05. The van der Waals surface area contributed by atoms with Crippen LogP contribution in [-0.2, 0) is 6.54 Å². The first kappa shape index (κ1) is 13.0. The highest BCUT2D eigenvalue weighted by molar-refractivity contribution is 5.87. The Morgan fingerprint density at radius 2 is 2.22 bits per heavy atom. The second-order valence-corrected chi connectivity index (χ2v) is 4.68. The molecule has 0 amide bonds. The molecule has 3 nitrogen and oxygen atoms in total. The van der Waals surface area contributed by atoms with Crippen LogP contribution in [0.5, 0.6) is 0 Å². The van der Waals surface area contributed by atoms with Crippen molar-refractivity contribution >= 4 is 5.97 Å². The van der Waals surface area contributed by atoms with Gasteiger partial charge in [-0.3, -0.25) is 4.90 Å². The van der Waals surface area contributed by atoms with Gasteiger partial charge in [-0.25, -0.2) is 13.6 Å². The van der Waals surface area contributed by atoms with E-state index in [0.29, 0.717) is 19.5 Å². The number of hydrogen-bond acceptors (Lipinski definition) is 2. The molecule has 1 aliphatic rings. The summed E-state index contributed by atoms with van der Waals surface area (Å²) in [6, 6.07) is 6.44. The number of rotatable bonds is 3. The Kier molecular flexibility index (Phi) is 3.61. The molecule has 1 heterocycles. The van der Waals surface area contributed by atoms with Crippen molar-refractivity contribution in [1.82, 2.24) is 4.90 Å². The molecule has 1 saturated heterocycles. The van der Waals surface area contributed by atoms with Crippen LogP contribution in [0.3, 0.4) is 0 Å². The van der Waals surface area contributed by atoms with Crippen LogP contribution < -0.4 is 0 Å². The summed E-state index contributed by atoms with van der Waals surface area (Å²) in [5.41, 5.74) is 0.948. The lowest BCUT2D eigenvalue weighted by molar-refractivity contribution is -0.0661. The molecular formula is C13H15F2NO2. The van der Waals surface area contributed by atoms with Crippen molar-refractivity contribution in [1.29, 1.82) is 0 Å². The topological polar surface area (TPSA) is 40.5 Å². The normalized spacial score (nSPS) is 19.7. The maximum atomic E-state index is 13.2. The largest absolute Gasteiger partial charge is 0.478 e. The molecule has 1 N–H and O–H groups in total. The smallest absolute Gasteiger partial charge is 0.335 e. The standard InChI is InChI=1S/C13H15F2NO2/c14-13(15)5-2-6-16(9-13)8-10-3-1-4-11(7-10)12(17)18/h1,3-4,7H,2,5-6,8-9H2,(H,17,18). The maximum absolute atomic E-state index is 13.2. The second-order valence-electron chi connectivity index (χ2n) is 4.68. The molecule has 5 heteroatoms. The summed E-state index contributed by atoms with van der Waals surface area (Å²) < 4.78 is 26.5. The predicted octanol–water partition coefficient (Wildman–Crippen LogP) is 2.62. The molecule has 18 heavy (non-hydrogen) atoms. The summed E-state index contributed by atoms with van der Waals surface area (Å²) in [6.45, 7) is 0.758. The highest BCUT2D eigenvalue weighted by Gasteiger charge is 2.34. The molecule has 98 valence electrons. The highest BCUT2D eigenvalue weighted by Crippen LogP contribution is 2.27. The molecule has 0 saturated carbocycles. The summed E-state index contributed by atoms with van der Waals surface area (Å²) in [5.74, 6) is -3.62. The Morgan fingerprint density at radius 1 is 1.44 bits per heavy atom. The highest BCUT2D eigenvalue weighted by atomic mass is 19.3. The fourth-order valence-corrected chi connectivity index (χ4v) is 2.24. The minimum Gasteiger partial charge on any atom is -0.478 e. The first-order valence-electron chi connectivity index (χ1n) is 5.89. The van der Waals surface area contributed by atoms with Crippen LogP contribution in [0.1, 0.15) is 28.8 Å². The van der Waals surface area contributed by atoms with Crippen molar-refractivity contribution in [3.63, 3.8) is 0 Å². The SMILES string of the molecule is O=C(O)c1cccc(CN2CCCC(F)(F)C2)c1. The van der Waals surface area contributed by atoms with E-state index in [1.54, 1.807) is 17.0 Å². The summed E-state index contributed by atoms with van der Waals surface area (Å²) in [4.78, 5) is 12.5. The van der Waals surface area contributed by atoms with Crippen LogP contribution in [0.2, 0.25) is 0 Å². The third-order valence-corrected chi connectivity index (χ3v) is 3.05. The van der Waals surface area contributed by atoms with Gasteiger partial charge in [0.15, 0.2) is 0 Å². The minimum absolute atomic E-state index is 0.0569. The number of carboxylic acid groups (broad SMARTS) is 1. The number of likely N-dealkylation sites (tertiary alicyclic amines) is 1. The van der Waals surface area contributed by atoms with Crippen molar-refractivity contribution in [3.8, 4) is 0 Å². The van der Waals surface area contributed by atoms with Crippen LogP contribution in [0.25, 0.3) is 0 Å². The fraction of sp³-hybridized carbons (Fsp3) is 0.462. The van der Waals surface area contributed by atoms with E-state index in [1.807, 2.05) is 0 Å². The van der Waals surface area contributed by atoms with Crippen molar-refractivity contribution in [2.75, 3.05) is 13.1 Å². The van der Waals surface area contributed by atoms with Crippen LogP contribution in [-0.4, -0.2) is 35.0 Å². The zero-order chi connectivity index (χ0) is 13.2. The third kappa shape index (κ3) is 3.26. The number of piperidine rings is 1. The number of hydrogen-bond donors (Lipinski definition) is 1. The molecule has 0 radical (unpaired) electrons. The molecule has 0 unspecified atom stereocenters. The third-order valence-electron chi connectivity index (χ3n) is 3.05. The average Bonchev–Trinajstić information content (AvgIpc) is 2.28. The molecule has 1 aromatic rings. The lowest BCUT2D eigenvalue weighted by atomic mass is 10.1. The van der Waals surface area contributed by atoms with Crippen molar-refractivity contribution < 1.29 is 18.7 Å². The number of aromatic carboxylic acids is 1. The van der Waals surface area contributed by atoms with Crippen LogP contribution >= 0.6 is 0 Å². The Bertz CT molecular complexity index is 448. The van der Waals surface area contributed by atoms with Gasteiger partial charge in [0.25, 0.3) is 5.92 Å². The van der Waals surface area contributed by atoms with E-state index in [1.165, 1.54) is 12.1 Å². The number of nitrogens with zero attached hydrogens (tertiary/aromatic N) is 1. The Hall–Kier alpha value is -1.49. The fourth-order valence-electron chi connectivity index (χ4n) is 2.24. The van der Waals surface area contributed by atoms with Crippen LogP contribution in [0.15, 0.2) is 24.3 Å². The zero-order valence-electron chi connectivity index (χ0n) is 9.90. The number of carboxylic acids is 1. The van der Waals surface area contributed by atoms with Gasteiger partial charge in [-0.15, -0.1) is 0 Å². The van der Waals surface area contributed by atoms with Crippen LogP contribution in [0, 0.1) is 0 Å². The molecule has 2 rings (SSSR count). The van der Waals surface area contributed by atoms with E-state index in [-0.39, 0.29) is 18.5 Å². The molecule has 1 fully saturated rings. The van der Waals surface area contributed by atoms with Crippen LogP contribution in [0.4, 0.5) is 8.78 Å². The van der Waals surface area contributed by atoms with Gasteiger partial charge in [0.1, 0.15) is 0 Å². The van der Waals surface area contributed by atoms with Gasteiger partial charge < -0.3 is 5.11 Å². The molecule has 0 spiro atoms. The van der Waals surface area contributed by atoms with E-state index < -0.39 is 11.9 Å². The minimum atomic E-state index is -2.62. The van der Waals surface area contributed by atoms with Gasteiger partial charge in [0, 0.05) is 13.0 Å². The molecule has 0 aromatic heterocycles. The summed E-state index contributed by atoms with van der Waals surface area (Å²) in [5, 5.41) is 8.86. The van der Waals surface area contributed by atoms with E-state index in [2.05, 4.69) is 0 Å². The Morgan fingerprint density at radius 3 is 2.89 bits per heavy atom. The number of benzene rings is 1. The summed E-state index contributed by atoms with van der Waals surface area (Å²) in [6.07, 6.45) is 0.421. The summed E-state index contributed by atoms with van der Waals surface area (Å²) in [7, 11) is 0. The van der Waals surface area contributed by atoms with E-state index in [4.69, 9.17) is 5.11 Å². The quantitative estimate of drug-likeness (QED) is 0.902. The maximum Gasteiger partial charge on any atom is 0.335 e. The first-order valence-corrected chi connectivity index (χ1v) is 5.89. The number of halogens is 2. The van der Waals surface area contributed by atoms with Gasteiger partial charge in [-0.05, 0) is 30.7 Å². The van der Waals surface area contributed by atoms with E-state index in [0.717, 1.165) is 5.56 Å². The predicted molar refractivity (Wildman–Crippen MR) is 62.9 cm³/mol. The van der Waals surface area contributed by atoms with E-state index >= 15 is 0 Å².